The number of thiophene rings is 1. The Labute approximate surface area is 118 Å². The van der Waals surface area contributed by atoms with Gasteiger partial charge in [-0.1, -0.05) is 6.07 Å². The van der Waals surface area contributed by atoms with E-state index in [9.17, 15) is 0 Å². The average Bonchev–Trinajstić information content (AvgIpc) is 2.84. The van der Waals surface area contributed by atoms with Crippen molar-refractivity contribution >= 4 is 27.3 Å². The van der Waals surface area contributed by atoms with Crippen LogP contribution in [0.25, 0.3) is 0 Å². The van der Waals surface area contributed by atoms with Gasteiger partial charge in [0, 0.05) is 14.7 Å². The van der Waals surface area contributed by atoms with Crippen molar-refractivity contribution in [2.75, 3.05) is 13.2 Å². The van der Waals surface area contributed by atoms with Crippen LogP contribution >= 0.6 is 27.3 Å². The molecule has 2 heterocycles. The number of fused-ring (bicyclic) bond motifs is 1. The third kappa shape index (κ3) is 2.25. The second kappa shape index (κ2) is 4.91. The van der Waals surface area contributed by atoms with Crippen LogP contribution in [0.2, 0.25) is 0 Å². The molecule has 1 aromatic carbocycles. The lowest BCUT2D eigenvalue weighted by molar-refractivity contribution is 0.171. The summed E-state index contributed by atoms with van der Waals surface area (Å²) >= 11 is 5.09. The maximum absolute atomic E-state index is 6.26. The van der Waals surface area contributed by atoms with Gasteiger partial charge < -0.3 is 15.2 Å². The lowest BCUT2D eigenvalue weighted by Gasteiger charge is -2.20. The summed E-state index contributed by atoms with van der Waals surface area (Å²) in [6.07, 6.45) is 0. The molecule has 1 unspecified atom stereocenters. The summed E-state index contributed by atoms with van der Waals surface area (Å²) in [6, 6.07) is 7.80. The van der Waals surface area contributed by atoms with Crippen molar-refractivity contribution in [3.05, 3.63) is 44.6 Å². The van der Waals surface area contributed by atoms with Gasteiger partial charge in [0.15, 0.2) is 11.5 Å². The summed E-state index contributed by atoms with van der Waals surface area (Å²) in [6.45, 7) is 1.20. The van der Waals surface area contributed by atoms with E-state index in [1.54, 1.807) is 11.3 Å². The summed E-state index contributed by atoms with van der Waals surface area (Å²) in [5.41, 5.74) is 7.29. The quantitative estimate of drug-likeness (QED) is 0.921. The fraction of sp³-hybridized carbons (Fsp3) is 0.231. The second-order valence-corrected chi connectivity index (χ2v) is 5.91. The molecule has 1 aliphatic heterocycles. The summed E-state index contributed by atoms with van der Waals surface area (Å²) in [5.74, 6) is 1.58. The minimum atomic E-state index is -0.128. The standard InChI is InChI=1S/C13H12BrNO2S/c14-9-6-12(18-7-9)13(15)8-1-2-10-11(5-8)17-4-3-16-10/h1-2,5-7,13H,3-4,15H2. The molecule has 0 fully saturated rings. The van der Waals surface area contributed by atoms with E-state index in [-0.39, 0.29) is 6.04 Å². The molecule has 0 radical (unpaired) electrons. The van der Waals surface area contributed by atoms with Crippen molar-refractivity contribution in [1.29, 1.82) is 0 Å². The van der Waals surface area contributed by atoms with Gasteiger partial charge in [-0.2, -0.15) is 0 Å². The van der Waals surface area contributed by atoms with Crippen molar-refractivity contribution in [1.82, 2.24) is 0 Å². The minimum absolute atomic E-state index is 0.128. The molecule has 0 saturated carbocycles. The molecule has 0 saturated heterocycles. The molecule has 0 amide bonds. The monoisotopic (exact) mass is 325 g/mol. The molecule has 3 rings (SSSR count). The molecule has 1 atom stereocenters. The molecule has 0 spiro atoms. The zero-order chi connectivity index (χ0) is 12.5. The van der Waals surface area contributed by atoms with Crippen molar-refractivity contribution in [2.24, 2.45) is 5.73 Å². The first kappa shape index (κ1) is 12.0. The van der Waals surface area contributed by atoms with E-state index in [2.05, 4.69) is 15.9 Å². The zero-order valence-electron chi connectivity index (χ0n) is 9.56. The van der Waals surface area contributed by atoms with Gasteiger partial charge in [-0.3, -0.25) is 0 Å². The number of benzene rings is 1. The van der Waals surface area contributed by atoms with E-state index in [1.807, 2.05) is 29.6 Å². The van der Waals surface area contributed by atoms with Crippen LogP contribution in [0.3, 0.4) is 0 Å². The second-order valence-electron chi connectivity index (χ2n) is 4.05. The average molecular weight is 326 g/mol. The van der Waals surface area contributed by atoms with Gasteiger partial charge in [0.2, 0.25) is 0 Å². The van der Waals surface area contributed by atoms with Crippen LogP contribution < -0.4 is 15.2 Å². The van der Waals surface area contributed by atoms with Crippen LogP contribution in [0.4, 0.5) is 0 Å². The van der Waals surface area contributed by atoms with Gasteiger partial charge >= 0.3 is 0 Å². The van der Waals surface area contributed by atoms with E-state index >= 15 is 0 Å². The van der Waals surface area contributed by atoms with Crippen LogP contribution in [0.15, 0.2) is 34.1 Å². The highest BCUT2D eigenvalue weighted by Crippen LogP contribution is 2.35. The Morgan fingerprint density at radius 1 is 1.17 bits per heavy atom. The van der Waals surface area contributed by atoms with Crippen molar-refractivity contribution in [2.45, 2.75) is 6.04 Å². The van der Waals surface area contributed by atoms with E-state index < -0.39 is 0 Å². The normalized spacial score (nSPS) is 15.4. The minimum Gasteiger partial charge on any atom is -0.486 e. The molecular weight excluding hydrogens is 314 g/mol. The van der Waals surface area contributed by atoms with Gasteiger partial charge in [0.25, 0.3) is 0 Å². The first-order valence-corrected chi connectivity index (χ1v) is 7.30. The van der Waals surface area contributed by atoms with Crippen LogP contribution in [0.5, 0.6) is 11.5 Å². The van der Waals surface area contributed by atoms with E-state index in [0.29, 0.717) is 13.2 Å². The number of hydrogen-bond acceptors (Lipinski definition) is 4. The highest BCUT2D eigenvalue weighted by molar-refractivity contribution is 9.10. The Morgan fingerprint density at radius 3 is 2.67 bits per heavy atom. The third-order valence-corrected chi connectivity index (χ3v) is 4.60. The number of rotatable bonds is 2. The third-order valence-electron chi connectivity index (χ3n) is 2.82. The molecule has 2 N–H and O–H groups in total. The molecule has 2 aromatic rings. The molecule has 18 heavy (non-hydrogen) atoms. The first-order chi connectivity index (χ1) is 8.74. The van der Waals surface area contributed by atoms with Crippen molar-refractivity contribution in [3.63, 3.8) is 0 Å². The van der Waals surface area contributed by atoms with Gasteiger partial charge in [-0.05, 0) is 39.7 Å². The molecular formula is C13H12BrNO2S. The van der Waals surface area contributed by atoms with Crippen molar-refractivity contribution < 1.29 is 9.47 Å². The van der Waals surface area contributed by atoms with Gasteiger partial charge in [-0.25, -0.2) is 0 Å². The number of ether oxygens (including phenoxy) is 2. The van der Waals surface area contributed by atoms with E-state index in [0.717, 1.165) is 26.4 Å². The lowest BCUT2D eigenvalue weighted by atomic mass is 10.1. The Bertz CT molecular complexity index is 570. The topological polar surface area (TPSA) is 44.5 Å². The van der Waals surface area contributed by atoms with Crippen LogP contribution in [-0.2, 0) is 0 Å². The Morgan fingerprint density at radius 2 is 1.94 bits per heavy atom. The highest BCUT2D eigenvalue weighted by Gasteiger charge is 2.16. The number of hydrogen-bond donors (Lipinski definition) is 1. The molecule has 94 valence electrons. The molecule has 5 heteroatoms. The first-order valence-electron chi connectivity index (χ1n) is 5.63. The van der Waals surface area contributed by atoms with E-state index in [1.165, 1.54) is 0 Å². The van der Waals surface area contributed by atoms with Gasteiger partial charge in [-0.15, -0.1) is 11.3 Å². The van der Waals surface area contributed by atoms with Crippen LogP contribution in [-0.4, -0.2) is 13.2 Å². The Balaban J connectivity index is 1.92. The van der Waals surface area contributed by atoms with Gasteiger partial charge in [0.05, 0.1) is 6.04 Å². The Hall–Kier alpha value is -1.04. The maximum Gasteiger partial charge on any atom is 0.161 e. The Kier molecular flexibility index (Phi) is 3.28. The summed E-state index contributed by atoms with van der Waals surface area (Å²) in [7, 11) is 0. The molecule has 0 aliphatic carbocycles. The van der Waals surface area contributed by atoms with Gasteiger partial charge in [0.1, 0.15) is 13.2 Å². The van der Waals surface area contributed by atoms with E-state index in [4.69, 9.17) is 15.2 Å². The smallest absolute Gasteiger partial charge is 0.161 e. The molecule has 0 bridgehead atoms. The summed E-state index contributed by atoms with van der Waals surface area (Å²) in [5, 5.41) is 2.03. The van der Waals surface area contributed by atoms with Crippen LogP contribution in [0.1, 0.15) is 16.5 Å². The summed E-state index contributed by atoms with van der Waals surface area (Å²) < 4.78 is 12.1. The predicted molar refractivity (Wildman–Crippen MR) is 75.5 cm³/mol. The number of halogens is 1. The zero-order valence-corrected chi connectivity index (χ0v) is 12.0. The van der Waals surface area contributed by atoms with Crippen molar-refractivity contribution in [3.8, 4) is 11.5 Å². The predicted octanol–water partition coefficient (Wildman–Crippen LogP) is 3.33. The van der Waals surface area contributed by atoms with Crippen LogP contribution in [0, 0.1) is 0 Å². The largest absolute Gasteiger partial charge is 0.486 e. The SMILES string of the molecule is NC(c1ccc2c(c1)OCCO2)c1cc(Br)cs1. The molecule has 3 nitrogen and oxygen atoms in total. The highest BCUT2D eigenvalue weighted by atomic mass is 79.9. The fourth-order valence-corrected chi connectivity index (χ4v) is 3.38. The molecule has 1 aliphatic rings. The number of nitrogens with two attached hydrogens (primary N) is 1. The summed E-state index contributed by atoms with van der Waals surface area (Å²) in [4.78, 5) is 1.12. The molecule has 1 aromatic heterocycles. The lowest BCUT2D eigenvalue weighted by Crippen LogP contribution is -2.16. The maximum atomic E-state index is 6.26. The fourth-order valence-electron chi connectivity index (χ4n) is 1.91.